The molecule has 230 valence electrons. The van der Waals surface area contributed by atoms with Crippen molar-refractivity contribution in [1.29, 1.82) is 0 Å². The number of amides is 2. The van der Waals surface area contributed by atoms with Gasteiger partial charge in [-0.1, -0.05) is 140 Å². The Morgan fingerprint density at radius 1 is 0.478 bits per heavy atom. The summed E-state index contributed by atoms with van der Waals surface area (Å²) in [7, 11) is -6.45. The quantitative estimate of drug-likeness (QED) is 0.117. The number of hydrogen-bond donors (Lipinski definition) is 2. The molecule has 5 aromatic rings. The maximum Gasteiger partial charge on any atom is 0.248 e. The van der Waals surface area contributed by atoms with Crippen LogP contribution in [0, 0.1) is 0 Å². The molecule has 8 nitrogen and oxygen atoms in total. The highest BCUT2D eigenvalue weighted by molar-refractivity contribution is 7.79. The Labute approximate surface area is 268 Å². The van der Waals surface area contributed by atoms with Crippen LogP contribution >= 0.6 is 14.3 Å². The van der Waals surface area contributed by atoms with Crippen molar-refractivity contribution in [1.82, 2.24) is 10.9 Å². The van der Waals surface area contributed by atoms with Crippen LogP contribution in [0.2, 0.25) is 0 Å². The van der Waals surface area contributed by atoms with Gasteiger partial charge in [-0.3, -0.25) is 9.59 Å². The molecule has 2 N–H and O–H groups in total. The van der Waals surface area contributed by atoms with E-state index in [2.05, 4.69) is 21.1 Å². The normalized spacial score (nSPS) is 11.8. The summed E-state index contributed by atoms with van der Waals surface area (Å²) in [5, 5.41) is 10.5. The summed E-state index contributed by atoms with van der Waals surface area (Å²) in [6.45, 7) is 0. The van der Waals surface area contributed by atoms with E-state index in [9.17, 15) is 18.7 Å². The molecule has 0 bridgehead atoms. The van der Waals surface area contributed by atoms with Gasteiger partial charge in [0.15, 0.2) is 14.3 Å². The minimum Gasteiger partial charge on any atom is -0.313 e. The van der Waals surface area contributed by atoms with E-state index in [1.165, 1.54) is 12.4 Å². The van der Waals surface area contributed by atoms with Crippen LogP contribution in [0.25, 0.3) is 0 Å². The minimum absolute atomic E-state index is 0.230. The fraction of sp³-hybridized carbons (Fsp3) is 0.0556. The molecule has 5 rings (SSSR count). The number of hydrogen-bond acceptors (Lipinski definition) is 6. The lowest BCUT2D eigenvalue weighted by molar-refractivity contribution is -0.119. The molecule has 0 saturated carbocycles. The second kappa shape index (κ2) is 15.2. The van der Waals surface area contributed by atoms with E-state index in [0.29, 0.717) is 32.3 Å². The van der Waals surface area contributed by atoms with Crippen molar-refractivity contribution in [3.8, 4) is 0 Å². The summed E-state index contributed by atoms with van der Waals surface area (Å²) in [6, 6.07) is 43.1. The van der Waals surface area contributed by atoms with Crippen LogP contribution in [0.4, 0.5) is 0 Å². The highest BCUT2D eigenvalue weighted by Gasteiger charge is 2.31. The number of carbonyl (C=O) groups is 2. The third-order valence-electron chi connectivity index (χ3n) is 7.14. The van der Waals surface area contributed by atoms with Crippen molar-refractivity contribution in [3.63, 3.8) is 0 Å². The number of nitrogens with zero attached hydrogens (tertiary/aromatic N) is 2. The molecule has 0 atom stereocenters. The van der Waals surface area contributed by atoms with Gasteiger partial charge in [0.05, 0.1) is 24.8 Å². The predicted molar refractivity (Wildman–Crippen MR) is 187 cm³/mol. The molecule has 0 spiro atoms. The predicted octanol–water partition coefficient (Wildman–Crippen LogP) is 4.62. The standard InChI is InChI=1S/C36H32N4O4P2/c41-35(27-45(43,31-16-5-1-6-17-31)32-18-7-2-8-19-32)39-37-25-29-14-13-15-30(24-29)26-38-40-36(42)28-46(44,33-20-9-3-10-21-33)34-22-11-4-12-23-34/h1-26H,27-28H2,(H,39,41)(H,40,42)/b37-25-,38-26-. The van der Waals surface area contributed by atoms with Gasteiger partial charge in [0.1, 0.15) is 0 Å². The van der Waals surface area contributed by atoms with E-state index in [4.69, 9.17) is 0 Å². The maximum atomic E-state index is 14.1. The number of rotatable bonds is 12. The molecular weight excluding hydrogens is 614 g/mol. The Bertz CT molecular complexity index is 1710. The van der Waals surface area contributed by atoms with Crippen molar-refractivity contribution in [2.45, 2.75) is 0 Å². The van der Waals surface area contributed by atoms with Crippen molar-refractivity contribution in [2.75, 3.05) is 12.3 Å². The van der Waals surface area contributed by atoms with Crippen molar-refractivity contribution >= 4 is 59.7 Å². The van der Waals surface area contributed by atoms with Crippen LogP contribution in [0.5, 0.6) is 0 Å². The van der Waals surface area contributed by atoms with Gasteiger partial charge in [-0.15, -0.1) is 0 Å². The number of benzene rings is 5. The van der Waals surface area contributed by atoms with Gasteiger partial charge in [0.25, 0.3) is 0 Å². The summed E-state index contributed by atoms with van der Waals surface area (Å²) in [5.74, 6) is -0.952. The lowest BCUT2D eigenvalue weighted by atomic mass is 10.1. The van der Waals surface area contributed by atoms with Gasteiger partial charge in [-0.25, -0.2) is 10.9 Å². The van der Waals surface area contributed by atoms with Crippen LogP contribution in [0.1, 0.15) is 11.1 Å². The van der Waals surface area contributed by atoms with Crippen LogP contribution in [0.3, 0.4) is 0 Å². The van der Waals surface area contributed by atoms with Gasteiger partial charge in [0, 0.05) is 21.2 Å². The first kappa shape index (κ1) is 32.2. The summed E-state index contributed by atoms with van der Waals surface area (Å²) in [4.78, 5) is 25.7. The number of carbonyl (C=O) groups excluding carboxylic acids is 2. The van der Waals surface area contributed by atoms with Crippen LogP contribution < -0.4 is 32.1 Å². The smallest absolute Gasteiger partial charge is 0.248 e. The molecule has 2 amide bonds. The Morgan fingerprint density at radius 2 is 0.783 bits per heavy atom. The summed E-state index contributed by atoms with van der Waals surface area (Å²) >= 11 is 0. The average molecular weight is 647 g/mol. The molecule has 0 heterocycles. The molecule has 0 aromatic heterocycles. The molecule has 0 radical (unpaired) electrons. The van der Waals surface area contributed by atoms with Gasteiger partial charge in [-0.05, 0) is 17.2 Å². The molecule has 0 aliphatic rings. The van der Waals surface area contributed by atoms with Crippen molar-refractivity contribution < 1.29 is 18.7 Å². The lowest BCUT2D eigenvalue weighted by Crippen LogP contribution is -2.28. The minimum atomic E-state index is -3.23. The summed E-state index contributed by atoms with van der Waals surface area (Å²) in [5.41, 5.74) is 6.33. The molecule has 0 unspecified atom stereocenters. The fourth-order valence-corrected chi connectivity index (χ4v) is 9.78. The average Bonchev–Trinajstić information content (AvgIpc) is 3.10. The first-order chi connectivity index (χ1) is 22.4. The Kier molecular flexibility index (Phi) is 10.7. The first-order valence-corrected chi connectivity index (χ1v) is 18.3. The second-order valence-electron chi connectivity index (χ2n) is 10.4. The third-order valence-corrected chi connectivity index (χ3v) is 13.1. The molecule has 0 aliphatic heterocycles. The summed E-state index contributed by atoms with van der Waals surface area (Å²) < 4.78 is 28.2. The molecule has 5 aromatic carbocycles. The number of hydrazone groups is 2. The monoisotopic (exact) mass is 646 g/mol. The van der Waals surface area contributed by atoms with E-state index in [1.807, 2.05) is 24.3 Å². The van der Waals surface area contributed by atoms with Gasteiger partial charge in [-0.2, -0.15) is 10.2 Å². The van der Waals surface area contributed by atoms with Gasteiger partial charge < -0.3 is 9.13 Å². The van der Waals surface area contributed by atoms with E-state index < -0.39 is 26.1 Å². The second-order valence-corrected chi connectivity index (χ2v) is 16.1. The number of nitrogens with one attached hydrogen (secondary N) is 2. The zero-order valence-corrected chi connectivity index (χ0v) is 26.6. The Balaban J connectivity index is 1.20. The van der Waals surface area contributed by atoms with Crippen LogP contribution in [-0.4, -0.2) is 36.6 Å². The summed E-state index contributed by atoms with van der Waals surface area (Å²) in [6.07, 6.45) is 2.48. The zero-order valence-electron chi connectivity index (χ0n) is 24.8. The van der Waals surface area contributed by atoms with Gasteiger partial charge >= 0.3 is 0 Å². The Morgan fingerprint density at radius 3 is 1.09 bits per heavy atom. The molecular formula is C36H32N4O4P2. The van der Waals surface area contributed by atoms with E-state index in [-0.39, 0.29) is 12.3 Å². The van der Waals surface area contributed by atoms with Gasteiger partial charge in [0.2, 0.25) is 11.8 Å². The van der Waals surface area contributed by atoms with E-state index in [0.717, 1.165) is 0 Å². The molecule has 46 heavy (non-hydrogen) atoms. The Hall–Kier alpha value is -5.16. The molecule has 0 fully saturated rings. The maximum absolute atomic E-state index is 14.1. The highest BCUT2D eigenvalue weighted by Crippen LogP contribution is 2.43. The topological polar surface area (TPSA) is 117 Å². The van der Waals surface area contributed by atoms with E-state index >= 15 is 0 Å². The SMILES string of the molecule is O=C(CP(=O)(c1ccccc1)c1ccccc1)N/N=C\c1cccc(/C=N\NC(=O)CP(=O)(c2ccccc2)c2ccccc2)c1. The molecule has 0 aliphatic carbocycles. The van der Waals surface area contributed by atoms with Crippen molar-refractivity contribution in [2.24, 2.45) is 10.2 Å². The third kappa shape index (κ3) is 8.10. The highest BCUT2D eigenvalue weighted by atomic mass is 31.2. The first-order valence-electron chi connectivity index (χ1n) is 14.5. The van der Waals surface area contributed by atoms with Crippen LogP contribution in [0.15, 0.2) is 156 Å². The van der Waals surface area contributed by atoms with E-state index in [1.54, 1.807) is 121 Å². The largest absolute Gasteiger partial charge is 0.313 e. The molecule has 0 saturated heterocycles. The fourth-order valence-electron chi connectivity index (χ4n) is 4.89. The van der Waals surface area contributed by atoms with Crippen LogP contribution in [-0.2, 0) is 18.7 Å². The zero-order chi connectivity index (χ0) is 32.2. The lowest BCUT2D eigenvalue weighted by Gasteiger charge is -2.18. The van der Waals surface area contributed by atoms with Crippen molar-refractivity contribution in [3.05, 3.63) is 157 Å². The molecule has 10 heteroatoms.